The fourth-order valence-electron chi connectivity index (χ4n) is 9.11. The van der Waals surface area contributed by atoms with Crippen LogP contribution in [-0.4, -0.2) is 19.5 Å². The molecule has 0 spiro atoms. The highest BCUT2D eigenvalue weighted by atomic mass is 16.3. The van der Waals surface area contributed by atoms with Gasteiger partial charge in [-0.3, -0.25) is 0 Å². The molecule has 3 aromatic heterocycles. The molecule has 0 unspecified atom stereocenters. The Bertz CT molecular complexity index is 3200. The monoisotopic (exact) mass is 724 g/mol. The second-order valence-corrected chi connectivity index (χ2v) is 16.7. The van der Waals surface area contributed by atoms with Crippen molar-refractivity contribution in [1.82, 2.24) is 19.5 Å². The molecule has 0 saturated carbocycles. The number of nitrogens with zero attached hydrogens (tertiary/aromatic N) is 4. The molecule has 0 aliphatic heterocycles. The van der Waals surface area contributed by atoms with Crippen LogP contribution in [-0.2, 0) is 10.8 Å². The molecule has 3 heterocycles. The van der Waals surface area contributed by atoms with Gasteiger partial charge in [-0.15, -0.1) is 0 Å². The first-order valence-corrected chi connectivity index (χ1v) is 19.6. The second kappa shape index (κ2) is 12.0. The third-order valence-corrected chi connectivity index (χ3v) is 12.3. The van der Waals surface area contributed by atoms with Crippen LogP contribution in [0.4, 0.5) is 0 Å². The molecule has 270 valence electrons. The van der Waals surface area contributed by atoms with Crippen LogP contribution in [0.25, 0.3) is 94.4 Å². The van der Waals surface area contributed by atoms with Crippen LogP contribution in [0.5, 0.6) is 0 Å². The van der Waals surface area contributed by atoms with Gasteiger partial charge in [0.05, 0.1) is 11.0 Å². The van der Waals surface area contributed by atoms with Crippen LogP contribution in [0.1, 0.15) is 51.7 Å². The van der Waals surface area contributed by atoms with E-state index in [4.69, 9.17) is 19.4 Å². The molecule has 1 aliphatic carbocycles. The van der Waals surface area contributed by atoms with Crippen LogP contribution < -0.4 is 0 Å². The Morgan fingerprint density at radius 1 is 0.482 bits per heavy atom. The zero-order valence-electron chi connectivity index (χ0n) is 32.0. The molecule has 0 fully saturated rings. The Morgan fingerprint density at radius 2 is 1.11 bits per heavy atom. The molecule has 1 aliphatic rings. The van der Waals surface area contributed by atoms with E-state index >= 15 is 0 Å². The molecule has 0 atom stereocenters. The van der Waals surface area contributed by atoms with E-state index in [1.807, 2.05) is 30.3 Å². The Labute approximate surface area is 325 Å². The van der Waals surface area contributed by atoms with Crippen molar-refractivity contribution in [1.29, 1.82) is 0 Å². The molecule has 5 heteroatoms. The number of hydrogen-bond acceptors (Lipinski definition) is 4. The quantitative estimate of drug-likeness (QED) is 0.181. The average molecular weight is 725 g/mol. The highest BCUT2D eigenvalue weighted by Crippen LogP contribution is 2.48. The summed E-state index contributed by atoms with van der Waals surface area (Å²) in [6, 6.07) is 51.5. The topological polar surface area (TPSA) is 56.7 Å². The highest BCUT2D eigenvalue weighted by molar-refractivity contribution is 6.12. The number of fused-ring (bicyclic) bond motifs is 8. The Kier molecular flexibility index (Phi) is 7.00. The first-order valence-electron chi connectivity index (χ1n) is 19.6. The number of aromatic nitrogens is 4. The Hall–Kier alpha value is -6.59. The summed E-state index contributed by atoms with van der Waals surface area (Å²) in [5, 5.41) is 6.93. The molecule has 7 aromatic carbocycles. The summed E-state index contributed by atoms with van der Waals surface area (Å²) in [6.07, 6.45) is 2.36. The third-order valence-electron chi connectivity index (χ3n) is 12.3. The van der Waals surface area contributed by atoms with Crippen molar-refractivity contribution in [3.8, 4) is 39.9 Å². The average Bonchev–Trinajstić information content (AvgIpc) is 3.77. The smallest absolute Gasteiger partial charge is 0.164 e. The normalized spacial score (nSPS) is 14.9. The number of furan rings is 1. The number of hydrogen-bond donors (Lipinski definition) is 0. The zero-order chi connectivity index (χ0) is 37.8. The van der Waals surface area contributed by atoms with Crippen LogP contribution in [0, 0.1) is 0 Å². The van der Waals surface area contributed by atoms with Crippen molar-refractivity contribution in [3.05, 3.63) is 157 Å². The second-order valence-electron chi connectivity index (χ2n) is 16.7. The lowest BCUT2D eigenvalue weighted by atomic mass is 9.63. The van der Waals surface area contributed by atoms with E-state index < -0.39 is 0 Å². The summed E-state index contributed by atoms with van der Waals surface area (Å²) in [5.74, 6) is 1.86. The molecular formula is C51H40N4O. The zero-order valence-corrected chi connectivity index (χ0v) is 32.0. The largest absolute Gasteiger partial charge is 0.456 e. The summed E-state index contributed by atoms with van der Waals surface area (Å²) < 4.78 is 8.71. The van der Waals surface area contributed by atoms with E-state index in [2.05, 4.69) is 148 Å². The maximum absolute atomic E-state index is 6.28. The lowest BCUT2D eigenvalue weighted by Crippen LogP contribution is -2.33. The molecule has 56 heavy (non-hydrogen) atoms. The van der Waals surface area contributed by atoms with Gasteiger partial charge in [0, 0.05) is 43.9 Å². The third kappa shape index (κ3) is 5.04. The van der Waals surface area contributed by atoms with Gasteiger partial charge >= 0.3 is 0 Å². The van der Waals surface area contributed by atoms with E-state index in [9.17, 15) is 0 Å². The Morgan fingerprint density at radius 3 is 1.91 bits per heavy atom. The minimum atomic E-state index is 0.108. The first kappa shape index (κ1) is 32.8. The molecule has 0 bridgehead atoms. The molecule has 5 nitrogen and oxygen atoms in total. The van der Waals surface area contributed by atoms with E-state index in [0.717, 1.165) is 49.7 Å². The maximum Gasteiger partial charge on any atom is 0.164 e. The fraction of sp³-hybridized carbons (Fsp3) is 0.157. The van der Waals surface area contributed by atoms with Gasteiger partial charge in [0.25, 0.3) is 0 Å². The number of rotatable bonds is 4. The molecule has 10 aromatic rings. The standard InChI is InChI=1S/C51H40N4O/c1-50(2)26-27-51(3,4)41-30-43-39(29-40(41)50)36-14-7-9-17-42(36)55(43)35-24-22-32(23-25-35)47-52-48(34-21-20-31-12-5-6-13-33(31)28-34)54-49(53-47)38-16-11-19-45-46(38)37-15-8-10-18-44(37)56-45/h5-25,28-30H,26-27H2,1-4H3. The van der Waals surface area contributed by atoms with Crippen molar-refractivity contribution in [2.45, 2.75) is 51.4 Å². The Balaban J connectivity index is 1.09. The predicted molar refractivity (Wildman–Crippen MR) is 231 cm³/mol. The number of para-hydroxylation sites is 2. The van der Waals surface area contributed by atoms with Crippen LogP contribution in [0.2, 0.25) is 0 Å². The lowest BCUT2D eigenvalue weighted by Gasteiger charge is -2.42. The van der Waals surface area contributed by atoms with E-state index in [0.29, 0.717) is 17.5 Å². The van der Waals surface area contributed by atoms with Gasteiger partial charge in [-0.1, -0.05) is 113 Å². The molecule has 0 radical (unpaired) electrons. The maximum atomic E-state index is 6.28. The van der Waals surface area contributed by atoms with Gasteiger partial charge in [0.1, 0.15) is 11.2 Å². The van der Waals surface area contributed by atoms with Gasteiger partial charge < -0.3 is 8.98 Å². The molecule has 0 amide bonds. The van der Waals surface area contributed by atoms with Gasteiger partial charge in [-0.25, -0.2) is 15.0 Å². The summed E-state index contributed by atoms with van der Waals surface area (Å²) in [4.78, 5) is 15.5. The van der Waals surface area contributed by atoms with Crippen LogP contribution in [0.3, 0.4) is 0 Å². The van der Waals surface area contributed by atoms with Crippen LogP contribution >= 0.6 is 0 Å². The number of benzene rings is 7. The minimum Gasteiger partial charge on any atom is -0.456 e. The van der Waals surface area contributed by atoms with E-state index in [-0.39, 0.29) is 10.8 Å². The van der Waals surface area contributed by atoms with Crippen molar-refractivity contribution >= 4 is 54.5 Å². The highest BCUT2D eigenvalue weighted by Gasteiger charge is 2.38. The van der Waals surface area contributed by atoms with Crippen molar-refractivity contribution in [2.24, 2.45) is 0 Å². The fourth-order valence-corrected chi connectivity index (χ4v) is 9.11. The van der Waals surface area contributed by atoms with Gasteiger partial charge in [-0.05, 0) is 106 Å². The molecule has 0 saturated heterocycles. The lowest BCUT2D eigenvalue weighted by molar-refractivity contribution is 0.332. The first-order chi connectivity index (χ1) is 27.2. The van der Waals surface area contributed by atoms with Crippen molar-refractivity contribution in [3.63, 3.8) is 0 Å². The van der Waals surface area contributed by atoms with Gasteiger partial charge in [-0.2, -0.15) is 0 Å². The van der Waals surface area contributed by atoms with Gasteiger partial charge in [0.2, 0.25) is 0 Å². The van der Waals surface area contributed by atoms with Crippen LogP contribution in [0.15, 0.2) is 150 Å². The van der Waals surface area contributed by atoms with E-state index in [1.165, 1.54) is 51.2 Å². The van der Waals surface area contributed by atoms with Gasteiger partial charge in [0.15, 0.2) is 17.5 Å². The molecule has 0 N–H and O–H groups in total. The SMILES string of the molecule is CC1(C)CCC(C)(C)c2cc3c(cc21)c1ccccc1n3-c1ccc(-c2nc(-c3ccc4ccccc4c3)nc(-c3cccc4oc5ccccc5c34)n2)cc1. The molecule has 11 rings (SSSR count). The summed E-state index contributed by atoms with van der Waals surface area (Å²) in [7, 11) is 0. The molecular weight excluding hydrogens is 685 g/mol. The summed E-state index contributed by atoms with van der Waals surface area (Å²) >= 11 is 0. The summed E-state index contributed by atoms with van der Waals surface area (Å²) in [6.45, 7) is 9.61. The van der Waals surface area contributed by atoms with Crippen molar-refractivity contribution in [2.75, 3.05) is 0 Å². The minimum absolute atomic E-state index is 0.108. The summed E-state index contributed by atoms with van der Waals surface area (Å²) in [5.41, 5.74) is 11.1. The van der Waals surface area contributed by atoms with E-state index in [1.54, 1.807) is 0 Å². The van der Waals surface area contributed by atoms with Crippen molar-refractivity contribution < 1.29 is 4.42 Å². The predicted octanol–water partition coefficient (Wildman–Crippen LogP) is 13.4.